The Hall–Kier alpha value is -2.27. The Morgan fingerprint density at radius 1 is 1.31 bits per heavy atom. The summed E-state index contributed by atoms with van der Waals surface area (Å²) in [6.07, 6.45) is -7.71. The number of hydrogen-bond donors (Lipinski definition) is 0. The van der Waals surface area contributed by atoms with Gasteiger partial charge in [-0.2, -0.15) is 18.3 Å². The minimum absolute atomic E-state index is 0.0736. The molecule has 1 aliphatic rings. The van der Waals surface area contributed by atoms with E-state index in [0.29, 0.717) is 0 Å². The summed E-state index contributed by atoms with van der Waals surface area (Å²) in [7, 11) is 0. The van der Waals surface area contributed by atoms with Gasteiger partial charge in [0.2, 0.25) is 5.69 Å². The van der Waals surface area contributed by atoms with E-state index in [2.05, 4.69) is 9.84 Å². The van der Waals surface area contributed by atoms with Crippen LogP contribution in [0.3, 0.4) is 0 Å². The van der Waals surface area contributed by atoms with Crippen LogP contribution < -0.4 is 0 Å². The summed E-state index contributed by atoms with van der Waals surface area (Å²) in [6, 6.07) is -0.489. The van der Waals surface area contributed by atoms with Crippen LogP contribution in [-0.4, -0.2) is 33.0 Å². The van der Waals surface area contributed by atoms with E-state index < -0.39 is 47.0 Å². The van der Waals surface area contributed by atoms with E-state index in [-0.39, 0.29) is 25.7 Å². The summed E-state index contributed by atoms with van der Waals surface area (Å²) in [4.78, 5) is 20.5. The van der Waals surface area contributed by atoms with Crippen LogP contribution in [0.1, 0.15) is 57.7 Å². The average molecular weight is 387 g/mol. The zero-order valence-corrected chi connectivity index (χ0v) is 14.0. The molecule has 1 aromatic rings. The van der Waals surface area contributed by atoms with Crippen molar-refractivity contribution < 1.29 is 36.4 Å². The third-order valence-corrected chi connectivity index (χ3v) is 3.67. The monoisotopic (exact) mass is 387 g/mol. The quantitative estimate of drug-likeness (QED) is 0.332. The van der Waals surface area contributed by atoms with E-state index >= 15 is 0 Å². The first-order chi connectivity index (χ1) is 12.1. The topological polar surface area (TPSA) is 87.3 Å². The Balaban J connectivity index is 0.00000163. The van der Waals surface area contributed by atoms with E-state index in [1.165, 1.54) is 0 Å². The third-order valence-electron chi connectivity index (χ3n) is 3.67. The van der Waals surface area contributed by atoms with Crippen LogP contribution in [0.5, 0.6) is 0 Å². The lowest BCUT2D eigenvalue weighted by atomic mass is 9.93. The predicted octanol–water partition coefficient (Wildman–Crippen LogP) is 4.34. The van der Waals surface area contributed by atoms with Crippen molar-refractivity contribution in [1.82, 2.24) is 9.78 Å². The van der Waals surface area contributed by atoms with Crippen LogP contribution >= 0.6 is 0 Å². The SMILES string of the molecule is CC.O=C(OC1CCC(n2cc([N+](=O)[O-])c(C(F)F)n2)CC1)C(F)(F)F. The summed E-state index contributed by atoms with van der Waals surface area (Å²) in [6.45, 7) is 4.00. The molecule has 0 aliphatic heterocycles. The fourth-order valence-corrected chi connectivity index (χ4v) is 2.52. The van der Waals surface area contributed by atoms with Crippen LogP contribution in [0.15, 0.2) is 6.20 Å². The molecule has 0 amide bonds. The molecule has 0 unspecified atom stereocenters. The number of halogens is 5. The fraction of sp³-hybridized carbons (Fsp3) is 0.714. The first-order valence-electron chi connectivity index (χ1n) is 7.89. The molecule has 0 atom stereocenters. The van der Waals surface area contributed by atoms with Gasteiger partial charge in [0.25, 0.3) is 6.43 Å². The maximum atomic E-state index is 12.7. The number of rotatable bonds is 4. The zero-order chi connectivity index (χ0) is 20.1. The largest absolute Gasteiger partial charge is 0.490 e. The molecule has 2 rings (SSSR count). The number of nitro groups is 1. The molecule has 0 aromatic carbocycles. The van der Waals surface area contributed by atoms with Crippen molar-refractivity contribution in [3.8, 4) is 0 Å². The zero-order valence-electron chi connectivity index (χ0n) is 14.0. The second-order valence-electron chi connectivity index (χ2n) is 5.27. The Kier molecular flexibility index (Phi) is 7.45. The van der Waals surface area contributed by atoms with Gasteiger partial charge >= 0.3 is 17.8 Å². The standard InChI is InChI=1S/C12H12F5N3O4.C2H6/c13-10(14)9-8(20(22)23)5-19(18-9)6-1-3-7(4-2-6)24-11(21)12(15,16)17;1-2/h5-7,10H,1-4H2;1-2H3. The molecule has 1 heterocycles. The number of hydrogen-bond acceptors (Lipinski definition) is 5. The molecule has 7 nitrogen and oxygen atoms in total. The van der Waals surface area contributed by atoms with Crippen molar-refractivity contribution in [2.75, 3.05) is 0 Å². The summed E-state index contributed by atoms with van der Waals surface area (Å²) in [5.41, 5.74) is -1.76. The van der Waals surface area contributed by atoms with Gasteiger partial charge < -0.3 is 4.74 Å². The van der Waals surface area contributed by atoms with Crippen LogP contribution in [0.4, 0.5) is 27.6 Å². The van der Waals surface area contributed by atoms with Gasteiger partial charge in [0, 0.05) is 0 Å². The number of aromatic nitrogens is 2. The smallest absolute Gasteiger partial charge is 0.456 e. The maximum Gasteiger partial charge on any atom is 0.490 e. The van der Waals surface area contributed by atoms with Gasteiger partial charge in [0.05, 0.1) is 11.0 Å². The van der Waals surface area contributed by atoms with Gasteiger partial charge in [-0.05, 0) is 25.7 Å². The Labute approximate surface area is 145 Å². The minimum Gasteiger partial charge on any atom is -0.456 e. The molecule has 12 heteroatoms. The Morgan fingerprint density at radius 2 is 1.85 bits per heavy atom. The lowest BCUT2D eigenvalue weighted by Gasteiger charge is -2.28. The average Bonchev–Trinajstić information content (AvgIpc) is 3.02. The van der Waals surface area contributed by atoms with Gasteiger partial charge in [-0.25, -0.2) is 13.6 Å². The molecule has 26 heavy (non-hydrogen) atoms. The van der Waals surface area contributed by atoms with Crippen molar-refractivity contribution in [2.24, 2.45) is 0 Å². The summed E-state index contributed by atoms with van der Waals surface area (Å²) >= 11 is 0. The summed E-state index contributed by atoms with van der Waals surface area (Å²) in [5, 5.41) is 14.3. The second-order valence-corrected chi connectivity index (χ2v) is 5.27. The number of nitrogens with zero attached hydrogens (tertiary/aromatic N) is 3. The normalized spacial score (nSPS) is 20.3. The molecule has 1 fully saturated rings. The molecular formula is C14H18F5N3O4. The predicted molar refractivity (Wildman–Crippen MR) is 78.6 cm³/mol. The van der Waals surface area contributed by atoms with Gasteiger partial charge in [-0.15, -0.1) is 0 Å². The van der Waals surface area contributed by atoms with Gasteiger partial charge in [-0.3, -0.25) is 14.8 Å². The highest BCUT2D eigenvalue weighted by molar-refractivity contribution is 5.75. The highest BCUT2D eigenvalue weighted by Gasteiger charge is 2.43. The van der Waals surface area contributed by atoms with Crippen LogP contribution in [-0.2, 0) is 9.53 Å². The molecule has 0 radical (unpaired) electrons. The highest BCUT2D eigenvalue weighted by Crippen LogP contribution is 2.34. The molecule has 0 spiro atoms. The van der Waals surface area contributed by atoms with Gasteiger partial charge in [0.15, 0.2) is 0 Å². The van der Waals surface area contributed by atoms with Crippen molar-refractivity contribution in [2.45, 2.75) is 64.3 Å². The van der Waals surface area contributed by atoms with E-state index in [0.717, 1.165) is 10.9 Å². The Bertz CT molecular complexity index is 625. The van der Waals surface area contributed by atoms with E-state index in [9.17, 15) is 36.9 Å². The number of carbonyl (C=O) groups is 1. The third kappa shape index (κ3) is 5.36. The molecular weight excluding hydrogens is 369 g/mol. The molecule has 1 aromatic heterocycles. The number of alkyl halides is 5. The number of esters is 1. The summed E-state index contributed by atoms with van der Waals surface area (Å²) in [5.74, 6) is -2.28. The lowest BCUT2D eigenvalue weighted by molar-refractivity contribution is -0.386. The number of carbonyl (C=O) groups excluding carboxylic acids is 1. The second kappa shape index (κ2) is 8.90. The molecule has 0 N–H and O–H groups in total. The highest BCUT2D eigenvalue weighted by atomic mass is 19.4. The van der Waals surface area contributed by atoms with E-state index in [1.54, 1.807) is 0 Å². The first-order valence-corrected chi connectivity index (χ1v) is 7.89. The molecule has 1 saturated carbocycles. The minimum atomic E-state index is -5.08. The molecule has 0 saturated heterocycles. The first kappa shape index (κ1) is 21.8. The van der Waals surface area contributed by atoms with Crippen molar-refractivity contribution in [3.05, 3.63) is 22.0 Å². The van der Waals surface area contributed by atoms with E-state index in [4.69, 9.17) is 0 Å². The van der Waals surface area contributed by atoms with Crippen LogP contribution in [0.2, 0.25) is 0 Å². The van der Waals surface area contributed by atoms with E-state index in [1.807, 2.05) is 13.8 Å². The van der Waals surface area contributed by atoms with Gasteiger partial charge in [0.1, 0.15) is 12.3 Å². The maximum absolute atomic E-state index is 12.7. The van der Waals surface area contributed by atoms with Crippen LogP contribution in [0.25, 0.3) is 0 Å². The van der Waals surface area contributed by atoms with Crippen LogP contribution in [0, 0.1) is 10.1 Å². The lowest BCUT2D eigenvalue weighted by Crippen LogP contribution is -2.32. The van der Waals surface area contributed by atoms with Crippen molar-refractivity contribution in [3.63, 3.8) is 0 Å². The fourth-order valence-electron chi connectivity index (χ4n) is 2.52. The molecule has 148 valence electrons. The molecule has 0 bridgehead atoms. The van der Waals surface area contributed by atoms with Crippen molar-refractivity contribution >= 4 is 11.7 Å². The summed E-state index contributed by atoms with van der Waals surface area (Å²) < 4.78 is 67.2. The Morgan fingerprint density at radius 3 is 2.23 bits per heavy atom. The number of ether oxygens (including phenoxy) is 1. The molecule has 1 aliphatic carbocycles. The van der Waals surface area contributed by atoms with Crippen molar-refractivity contribution in [1.29, 1.82) is 0 Å². The van der Waals surface area contributed by atoms with Gasteiger partial charge in [-0.1, -0.05) is 13.8 Å².